The number of hydrogen-bond acceptors (Lipinski definition) is 3. The molecule has 2 atom stereocenters. The van der Waals surface area contributed by atoms with Crippen molar-refractivity contribution in [2.75, 3.05) is 10.6 Å². The molecule has 0 spiro atoms. The smallest absolute Gasteiger partial charge is 0.241 e. The van der Waals surface area contributed by atoms with Gasteiger partial charge in [-0.1, -0.05) is 34.1 Å². The molecule has 0 aromatic heterocycles. The van der Waals surface area contributed by atoms with E-state index in [1.807, 2.05) is 27.7 Å². The highest BCUT2D eigenvalue weighted by molar-refractivity contribution is 5.95. The Hall–Kier alpha value is -1.88. The Kier molecular flexibility index (Phi) is 7.05. The highest BCUT2D eigenvalue weighted by Crippen LogP contribution is 2.15. The summed E-state index contributed by atoms with van der Waals surface area (Å²) in [7, 11) is 0. The van der Waals surface area contributed by atoms with E-state index in [-0.39, 0.29) is 17.7 Å². The van der Waals surface area contributed by atoms with Gasteiger partial charge < -0.3 is 16.4 Å². The third-order valence-electron chi connectivity index (χ3n) is 3.59. The maximum absolute atomic E-state index is 12.0. The van der Waals surface area contributed by atoms with Gasteiger partial charge in [0.05, 0.1) is 6.04 Å². The summed E-state index contributed by atoms with van der Waals surface area (Å²) in [5, 5.41) is 5.62. The van der Waals surface area contributed by atoms with Crippen molar-refractivity contribution in [1.29, 1.82) is 0 Å². The zero-order chi connectivity index (χ0) is 16.7. The molecule has 1 aromatic rings. The first kappa shape index (κ1) is 18.2. The van der Waals surface area contributed by atoms with E-state index in [1.54, 1.807) is 24.3 Å². The lowest BCUT2D eigenvalue weighted by atomic mass is 9.99. The minimum absolute atomic E-state index is 0.00872. The summed E-state index contributed by atoms with van der Waals surface area (Å²) < 4.78 is 0. The van der Waals surface area contributed by atoms with Crippen molar-refractivity contribution in [3.63, 3.8) is 0 Å². The zero-order valence-electron chi connectivity index (χ0n) is 13.8. The van der Waals surface area contributed by atoms with E-state index < -0.39 is 6.04 Å². The fourth-order valence-electron chi connectivity index (χ4n) is 1.96. The van der Waals surface area contributed by atoms with Crippen LogP contribution in [0.4, 0.5) is 11.4 Å². The van der Waals surface area contributed by atoms with Gasteiger partial charge in [-0.2, -0.15) is 0 Å². The van der Waals surface area contributed by atoms with Gasteiger partial charge in [0, 0.05) is 17.8 Å². The molecule has 0 saturated heterocycles. The lowest BCUT2D eigenvalue weighted by Crippen LogP contribution is -2.40. The summed E-state index contributed by atoms with van der Waals surface area (Å²) >= 11 is 0. The molecule has 5 heteroatoms. The van der Waals surface area contributed by atoms with Gasteiger partial charge in [-0.15, -0.1) is 0 Å². The highest BCUT2D eigenvalue weighted by atomic mass is 16.2. The van der Waals surface area contributed by atoms with E-state index in [2.05, 4.69) is 10.6 Å². The van der Waals surface area contributed by atoms with Crippen LogP contribution in [0, 0.1) is 11.8 Å². The first-order chi connectivity index (χ1) is 10.3. The van der Waals surface area contributed by atoms with Gasteiger partial charge >= 0.3 is 0 Å². The standard InChI is InChI=1S/C17H27N3O2/c1-5-12(4)16(18)17(22)20-14-8-6-13(7-9-14)19-15(21)10-11(2)3/h6-9,11-12,16H,5,10,18H2,1-4H3,(H,19,21)(H,20,22). The Bertz CT molecular complexity index is 497. The van der Waals surface area contributed by atoms with Crippen molar-refractivity contribution in [2.24, 2.45) is 17.6 Å². The Balaban J connectivity index is 2.58. The van der Waals surface area contributed by atoms with Gasteiger partial charge in [0.1, 0.15) is 0 Å². The average molecular weight is 305 g/mol. The van der Waals surface area contributed by atoms with Crippen molar-refractivity contribution < 1.29 is 9.59 Å². The van der Waals surface area contributed by atoms with Crippen LogP contribution in [-0.4, -0.2) is 17.9 Å². The fourth-order valence-corrected chi connectivity index (χ4v) is 1.96. The topological polar surface area (TPSA) is 84.2 Å². The second-order valence-corrected chi connectivity index (χ2v) is 6.12. The van der Waals surface area contributed by atoms with Crippen LogP contribution in [0.5, 0.6) is 0 Å². The maximum Gasteiger partial charge on any atom is 0.241 e. The minimum Gasteiger partial charge on any atom is -0.326 e. The highest BCUT2D eigenvalue weighted by Gasteiger charge is 2.19. The van der Waals surface area contributed by atoms with E-state index in [1.165, 1.54) is 0 Å². The summed E-state index contributed by atoms with van der Waals surface area (Å²) in [4.78, 5) is 23.7. The van der Waals surface area contributed by atoms with Gasteiger partial charge in [-0.3, -0.25) is 9.59 Å². The number of amides is 2. The van der Waals surface area contributed by atoms with E-state index in [0.717, 1.165) is 12.1 Å². The molecule has 1 aromatic carbocycles. The summed E-state index contributed by atoms with van der Waals surface area (Å²) in [6, 6.07) is 6.53. The summed E-state index contributed by atoms with van der Waals surface area (Å²) in [6.45, 7) is 7.96. The van der Waals surface area contributed by atoms with Crippen molar-refractivity contribution in [3.05, 3.63) is 24.3 Å². The first-order valence-electron chi connectivity index (χ1n) is 7.79. The molecular formula is C17H27N3O2. The van der Waals surface area contributed by atoms with Crippen LogP contribution < -0.4 is 16.4 Å². The molecular weight excluding hydrogens is 278 g/mol. The first-order valence-corrected chi connectivity index (χ1v) is 7.79. The maximum atomic E-state index is 12.0. The molecule has 1 rings (SSSR count). The second kappa shape index (κ2) is 8.54. The van der Waals surface area contributed by atoms with Gasteiger partial charge in [0.25, 0.3) is 0 Å². The fraction of sp³-hybridized carbons (Fsp3) is 0.529. The van der Waals surface area contributed by atoms with Crippen LogP contribution in [0.3, 0.4) is 0 Å². The molecule has 0 aliphatic rings. The molecule has 0 radical (unpaired) electrons. The van der Waals surface area contributed by atoms with Crippen molar-refractivity contribution in [3.8, 4) is 0 Å². The Morgan fingerprint density at radius 2 is 1.55 bits per heavy atom. The van der Waals surface area contributed by atoms with Gasteiger partial charge in [0.2, 0.25) is 11.8 Å². The normalized spacial score (nSPS) is 13.5. The van der Waals surface area contributed by atoms with Gasteiger partial charge in [-0.05, 0) is 36.1 Å². The van der Waals surface area contributed by atoms with Crippen LogP contribution in [0.25, 0.3) is 0 Å². The monoisotopic (exact) mass is 305 g/mol. The second-order valence-electron chi connectivity index (χ2n) is 6.12. The third kappa shape index (κ3) is 5.85. The van der Waals surface area contributed by atoms with Gasteiger partial charge in [0.15, 0.2) is 0 Å². The number of carbonyl (C=O) groups excluding carboxylic acids is 2. The Morgan fingerprint density at radius 3 is 2.00 bits per heavy atom. The van der Waals surface area contributed by atoms with Gasteiger partial charge in [-0.25, -0.2) is 0 Å². The van der Waals surface area contributed by atoms with Crippen LogP contribution in [-0.2, 0) is 9.59 Å². The molecule has 0 bridgehead atoms. The van der Waals surface area contributed by atoms with Crippen LogP contribution in [0.2, 0.25) is 0 Å². The summed E-state index contributed by atoms with van der Waals surface area (Å²) in [6.07, 6.45) is 1.34. The zero-order valence-corrected chi connectivity index (χ0v) is 13.8. The van der Waals surface area contributed by atoms with Crippen LogP contribution in [0.1, 0.15) is 40.5 Å². The number of nitrogens with one attached hydrogen (secondary N) is 2. The van der Waals surface area contributed by atoms with E-state index in [9.17, 15) is 9.59 Å². The molecule has 0 fully saturated rings. The van der Waals surface area contributed by atoms with E-state index in [0.29, 0.717) is 18.0 Å². The molecule has 122 valence electrons. The van der Waals surface area contributed by atoms with E-state index >= 15 is 0 Å². The Morgan fingerprint density at radius 1 is 1.05 bits per heavy atom. The predicted molar refractivity (Wildman–Crippen MR) is 90.6 cm³/mol. The molecule has 4 N–H and O–H groups in total. The molecule has 0 aliphatic carbocycles. The number of nitrogens with two attached hydrogens (primary N) is 1. The molecule has 2 amide bonds. The molecule has 2 unspecified atom stereocenters. The summed E-state index contributed by atoms with van der Waals surface area (Å²) in [5.74, 6) is 0.256. The number of anilines is 2. The Labute approximate surface area is 132 Å². The molecule has 0 aliphatic heterocycles. The quantitative estimate of drug-likeness (QED) is 0.724. The average Bonchev–Trinajstić information content (AvgIpc) is 2.46. The minimum atomic E-state index is -0.518. The van der Waals surface area contributed by atoms with Crippen molar-refractivity contribution >= 4 is 23.2 Å². The summed E-state index contributed by atoms with van der Waals surface area (Å²) in [5.41, 5.74) is 7.28. The molecule has 5 nitrogen and oxygen atoms in total. The van der Waals surface area contributed by atoms with Crippen LogP contribution >= 0.6 is 0 Å². The van der Waals surface area contributed by atoms with Crippen molar-refractivity contribution in [2.45, 2.75) is 46.6 Å². The van der Waals surface area contributed by atoms with E-state index in [4.69, 9.17) is 5.73 Å². The molecule has 0 heterocycles. The third-order valence-corrected chi connectivity index (χ3v) is 3.59. The van der Waals surface area contributed by atoms with Crippen molar-refractivity contribution in [1.82, 2.24) is 0 Å². The molecule has 22 heavy (non-hydrogen) atoms. The predicted octanol–water partition coefficient (Wildman–Crippen LogP) is 2.98. The number of carbonyl (C=O) groups is 2. The lowest BCUT2D eigenvalue weighted by molar-refractivity contribution is -0.118. The number of benzene rings is 1. The largest absolute Gasteiger partial charge is 0.326 e. The number of hydrogen-bond donors (Lipinski definition) is 3. The molecule has 0 saturated carbocycles. The lowest BCUT2D eigenvalue weighted by Gasteiger charge is -2.17. The number of rotatable bonds is 7. The SMILES string of the molecule is CCC(C)C(N)C(=O)Nc1ccc(NC(=O)CC(C)C)cc1. The van der Waals surface area contributed by atoms with Crippen LogP contribution in [0.15, 0.2) is 24.3 Å².